The molecular weight excluding hydrogens is 292 g/mol. The normalized spacial score (nSPS) is 21.6. The van der Waals surface area contributed by atoms with Crippen molar-refractivity contribution in [1.29, 1.82) is 0 Å². The van der Waals surface area contributed by atoms with Crippen molar-refractivity contribution in [2.24, 2.45) is 11.8 Å². The number of aliphatic carboxylic acids is 1. The van der Waals surface area contributed by atoms with Gasteiger partial charge >= 0.3 is 5.97 Å². The lowest BCUT2D eigenvalue weighted by molar-refractivity contribution is -0.142. The van der Waals surface area contributed by atoms with E-state index in [1.54, 1.807) is 19.4 Å². The Labute approximate surface area is 135 Å². The van der Waals surface area contributed by atoms with Gasteiger partial charge in [-0.15, -0.1) is 0 Å². The molecule has 2 heterocycles. The highest BCUT2D eigenvalue weighted by molar-refractivity contribution is 5.84. The third-order valence-electron chi connectivity index (χ3n) is 4.47. The van der Waals surface area contributed by atoms with E-state index in [1.807, 2.05) is 12.1 Å². The summed E-state index contributed by atoms with van der Waals surface area (Å²) in [7, 11) is 1.60. The number of carboxylic acid groups (broad SMARTS) is 1. The first-order chi connectivity index (χ1) is 11.2. The number of nitrogens with zero attached hydrogens (tertiary/aromatic N) is 2. The summed E-state index contributed by atoms with van der Waals surface area (Å²) in [6.07, 6.45) is 9.38. The second-order valence-electron chi connectivity index (χ2n) is 5.93. The molecule has 5 nitrogen and oxygen atoms in total. The standard InChI is InChI=1S/C18H20N2O3/c1-23-16-9-8-15-17(20-16)13(10-11-19-15)5-2-12-3-6-14(7-4-12)18(21)22/h2,5,8-12,14H,3-4,6-7H2,1H3,(H,21,22)/t12-,14-. The molecule has 1 N–H and O–H groups in total. The van der Waals surface area contributed by atoms with Crippen LogP contribution in [0.4, 0.5) is 0 Å². The van der Waals surface area contributed by atoms with Gasteiger partial charge in [-0.2, -0.15) is 0 Å². The molecule has 120 valence electrons. The minimum absolute atomic E-state index is 0.174. The zero-order valence-corrected chi connectivity index (χ0v) is 13.1. The third kappa shape index (κ3) is 3.50. The van der Waals surface area contributed by atoms with Gasteiger partial charge in [-0.25, -0.2) is 4.98 Å². The number of hydrogen-bond acceptors (Lipinski definition) is 4. The van der Waals surface area contributed by atoms with E-state index in [9.17, 15) is 4.79 Å². The van der Waals surface area contributed by atoms with E-state index < -0.39 is 5.97 Å². The van der Waals surface area contributed by atoms with Crippen molar-refractivity contribution in [2.45, 2.75) is 25.7 Å². The Bertz CT molecular complexity index is 734. The van der Waals surface area contributed by atoms with Crippen molar-refractivity contribution in [1.82, 2.24) is 9.97 Å². The molecule has 0 spiro atoms. The topological polar surface area (TPSA) is 72.3 Å². The molecule has 2 aromatic rings. The summed E-state index contributed by atoms with van der Waals surface area (Å²) in [6.45, 7) is 0. The van der Waals surface area contributed by atoms with Crippen molar-refractivity contribution < 1.29 is 14.6 Å². The summed E-state index contributed by atoms with van der Waals surface area (Å²) in [5.41, 5.74) is 2.67. The van der Waals surface area contributed by atoms with Crippen LogP contribution in [0.15, 0.2) is 30.5 Å². The smallest absolute Gasteiger partial charge is 0.306 e. The Balaban J connectivity index is 1.77. The van der Waals surface area contributed by atoms with Gasteiger partial charge in [0.25, 0.3) is 0 Å². The Kier molecular flexibility index (Phi) is 4.55. The average molecular weight is 312 g/mol. The zero-order valence-electron chi connectivity index (χ0n) is 13.1. The highest BCUT2D eigenvalue weighted by Crippen LogP contribution is 2.30. The predicted molar refractivity (Wildman–Crippen MR) is 88.2 cm³/mol. The van der Waals surface area contributed by atoms with Crippen LogP contribution >= 0.6 is 0 Å². The fourth-order valence-electron chi connectivity index (χ4n) is 3.07. The van der Waals surface area contributed by atoms with Gasteiger partial charge in [0.15, 0.2) is 0 Å². The van der Waals surface area contributed by atoms with Crippen LogP contribution in [0.5, 0.6) is 5.88 Å². The number of carboxylic acids is 1. The lowest BCUT2D eigenvalue weighted by Gasteiger charge is -2.23. The van der Waals surface area contributed by atoms with E-state index in [-0.39, 0.29) is 5.92 Å². The minimum Gasteiger partial charge on any atom is -0.481 e. The van der Waals surface area contributed by atoms with E-state index in [0.717, 1.165) is 42.3 Å². The van der Waals surface area contributed by atoms with E-state index in [2.05, 4.69) is 22.1 Å². The maximum absolute atomic E-state index is 11.0. The van der Waals surface area contributed by atoms with Gasteiger partial charge in [-0.3, -0.25) is 9.78 Å². The summed E-state index contributed by atoms with van der Waals surface area (Å²) in [4.78, 5) is 19.8. The number of aromatic nitrogens is 2. The molecule has 0 saturated heterocycles. The van der Waals surface area contributed by atoms with Gasteiger partial charge in [0.2, 0.25) is 5.88 Å². The SMILES string of the molecule is COc1ccc2nccc(C=C[C@H]3CC[C@H](C(=O)O)CC3)c2n1. The molecule has 0 atom stereocenters. The van der Waals surface area contributed by atoms with Crippen molar-refractivity contribution in [3.63, 3.8) is 0 Å². The second kappa shape index (κ2) is 6.77. The number of pyridine rings is 2. The highest BCUT2D eigenvalue weighted by Gasteiger charge is 2.24. The first kappa shape index (κ1) is 15.5. The summed E-state index contributed by atoms with van der Waals surface area (Å²) in [5, 5.41) is 9.06. The number of carbonyl (C=O) groups is 1. The molecule has 1 aliphatic carbocycles. The maximum atomic E-state index is 11.0. The molecule has 1 fully saturated rings. The molecule has 0 aromatic carbocycles. The molecule has 1 aliphatic rings. The molecule has 0 bridgehead atoms. The van der Waals surface area contributed by atoms with E-state index in [4.69, 9.17) is 9.84 Å². The molecule has 3 rings (SSSR count). The van der Waals surface area contributed by atoms with Gasteiger partial charge in [0, 0.05) is 17.8 Å². The largest absolute Gasteiger partial charge is 0.481 e. The Morgan fingerprint density at radius 2 is 2.04 bits per heavy atom. The van der Waals surface area contributed by atoms with Crippen LogP contribution in [0.1, 0.15) is 31.2 Å². The second-order valence-corrected chi connectivity index (χ2v) is 5.93. The van der Waals surface area contributed by atoms with Gasteiger partial charge in [-0.1, -0.05) is 12.2 Å². The lowest BCUT2D eigenvalue weighted by atomic mass is 9.82. The van der Waals surface area contributed by atoms with E-state index >= 15 is 0 Å². The minimum atomic E-state index is -0.663. The molecule has 0 unspecified atom stereocenters. The molecule has 0 amide bonds. The van der Waals surface area contributed by atoms with Crippen LogP contribution in [0.25, 0.3) is 17.1 Å². The Morgan fingerprint density at radius 3 is 2.74 bits per heavy atom. The van der Waals surface area contributed by atoms with Gasteiger partial charge in [0.05, 0.1) is 24.1 Å². The summed E-state index contributed by atoms with van der Waals surface area (Å²) < 4.78 is 5.19. The van der Waals surface area contributed by atoms with Crippen molar-refractivity contribution >= 4 is 23.1 Å². The molecule has 23 heavy (non-hydrogen) atoms. The molecular formula is C18H20N2O3. The highest BCUT2D eigenvalue weighted by atomic mass is 16.5. The fraction of sp³-hybridized carbons (Fsp3) is 0.389. The fourth-order valence-corrected chi connectivity index (χ4v) is 3.07. The predicted octanol–water partition coefficient (Wildman–Crippen LogP) is 3.54. The number of fused-ring (bicyclic) bond motifs is 1. The number of allylic oxidation sites excluding steroid dienone is 1. The average Bonchev–Trinajstić information content (AvgIpc) is 2.59. The molecule has 2 aromatic heterocycles. The third-order valence-corrected chi connectivity index (χ3v) is 4.47. The number of methoxy groups -OCH3 is 1. The molecule has 5 heteroatoms. The quantitative estimate of drug-likeness (QED) is 0.934. The van der Waals surface area contributed by atoms with Crippen LogP contribution in [-0.4, -0.2) is 28.2 Å². The number of ether oxygens (including phenoxy) is 1. The van der Waals surface area contributed by atoms with Crippen LogP contribution in [-0.2, 0) is 4.79 Å². The van der Waals surface area contributed by atoms with Crippen molar-refractivity contribution in [2.75, 3.05) is 7.11 Å². The summed E-state index contributed by atoms with van der Waals surface area (Å²) in [5.74, 6) is 0.165. The Morgan fingerprint density at radius 1 is 1.26 bits per heavy atom. The van der Waals surface area contributed by atoms with Gasteiger partial charge < -0.3 is 9.84 Å². The van der Waals surface area contributed by atoms with Crippen LogP contribution in [0, 0.1) is 11.8 Å². The first-order valence-corrected chi connectivity index (χ1v) is 7.88. The molecule has 0 aliphatic heterocycles. The number of rotatable bonds is 4. The van der Waals surface area contributed by atoms with Crippen LogP contribution in [0.3, 0.4) is 0 Å². The molecule has 0 radical (unpaired) electrons. The van der Waals surface area contributed by atoms with E-state index in [0.29, 0.717) is 11.8 Å². The number of hydrogen-bond donors (Lipinski definition) is 1. The lowest BCUT2D eigenvalue weighted by Crippen LogP contribution is -2.20. The molecule has 1 saturated carbocycles. The monoisotopic (exact) mass is 312 g/mol. The van der Waals surface area contributed by atoms with Crippen molar-refractivity contribution in [3.05, 3.63) is 36.0 Å². The zero-order chi connectivity index (χ0) is 16.2. The first-order valence-electron chi connectivity index (χ1n) is 7.88. The summed E-state index contributed by atoms with van der Waals surface area (Å²) in [6, 6.07) is 5.64. The van der Waals surface area contributed by atoms with Crippen LogP contribution < -0.4 is 4.74 Å². The maximum Gasteiger partial charge on any atom is 0.306 e. The van der Waals surface area contributed by atoms with Gasteiger partial charge in [-0.05, 0) is 43.7 Å². The van der Waals surface area contributed by atoms with Gasteiger partial charge in [0.1, 0.15) is 0 Å². The summed E-state index contributed by atoms with van der Waals surface area (Å²) >= 11 is 0. The van der Waals surface area contributed by atoms with Crippen molar-refractivity contribution in [3.8, 4) is 5.88 Å². The van der Waals surface area contributed by atoms with Crippen LogP contribution in [0.2, 0.25) is 0 Å². The Hall–Kier alpha value is -2.43. The van der Waals surface area contributed by atoms with E-state index in [1.165, 1.54) is 0 Å².